The molecule has 3 aliphatic heterocycles. The number of aromatic nitrogens is 1. The largest absolute Gasteiger partial charge is 0.496 e. The predicted molar refractivity (Wildman–Crippen MR) is 99.6 cm³/mol. The maximum Gasteiger partial charge on any atom is 0.258 e. The zero-order valence-corrected chi connectivity index (χ0v) is 15.0. The van der Waals surface area contributed by atoms with Gasteiger partial charge in [-0.15, -0.1) is 0 Å². The van der Waals surface area contributed by atoms with Crippen molar-refractivity contribution >= 4 is 10.8 Å². The van der Waals surface area contributed by atoms with E-state index in [0.29, 0.717) is 12.0 Å². The first-order valence-electron chi connectivity index (χ1n) is 9.72. The van der Waals surface area contributed by atoms with Crippen LogP contribution in [-0.4, -0.2) is 36.2 Å². The van der Waals surface area contributed by atoms with Gasteiger partial charge in [-0.1, -0.05) is 0 Å². The molecule has 0 amide bonds. The molecule has 3 saturated heterocycles. The van der Waals surface area contributed by atoms with Gasteiger partial charge in [0.05, 0.1) is 13.2 Å². The van der Waals surface area contributed by atoms with E-state index < -0.39 is 0 Å². The zero-order valence-electron chi connectivity index (χ0n) is 15.0. The summed E-state index contributed by atoms with van der Waals surface area (Å²) < 4.78 is 7.69. The van der Waals surface area contributed by atoms with E-state index in [1.54, 1.807) is 7.11 Å². The average molecular weight is 338 g/mol. The normalized spacial score (nSPS) is 28.1. The highest BCUT2D eigenvalue weighted by Gasteiger charge is 2.36. The number of piperidine rings is 3. The highest BCUT2D eigenvalue weighted by atomic mass is 16.5. The number of rotatable bonds is 2. The topological polar surface area (TPSA) is 34.5 Å². The van der Waals surface area contributed by atoms with E-state index in [-0.39, 0.29) is 5.56 Å². The molecular formula is C21H26N2O2. The lowest BCUT2D eigenvalue weighted by molar-refractivity contribution is 0.0555. The Morgan fingerprint density at radius 2 is 1.92 bits per heavy atom. The van der Waals surface area contributed by atoms with Crippen molar-refractivity contribution in [3.05, 3.63) is 39.8 Å². The van der Waals surface area contributed by atoms with Crippen LogP contribution >= 0.6 is 0 Å². The number of ether oxygens (including phenoxy) is 1. The molecule has 6 rings (SSSR count). The minimum Gasteiger partial charge on any atom is -0.496 e. The summed E-state index contributed by atoms with van der Waals surface area (Å²) in [5.74, 6) is 1.60. The van der Waals surface area contributed by atoms with Gasteiger partial charge < -0.3 is 14.2 Å². The number of fused-ring (bicyclic) bond motifs is 3. The van der Waals surface area contributed by atoms with Gasteiger partial charge in [0, 0.05) is 23.7 Å². The van der Waals surface area contributed by atoms with Crippen LogP contribution in [0.3, 0.4) is 0 Å². The van der Waals surface area contributed by atoms with Gasteiger partial charge in [0.15, 0.2) is 0 Å². The standard InChI is InChI=1S/C21H26N2O2/c1-25-19-7-6-17-20-15(4-2-3-5-16(19)20)12-23(21(17)24)18-13-22-10-8-14(18)9-11-22/h6-7,12,14,18H,2-5,8-11,13H2,1H3. The maximum atomic E-state index is 13.4. The van der Waals surface area contributed by atoms with Gasteiger partial charge in [-0.05, 0) is 80.6 Å². The van der Waals surface area contributed by atoms with Gasteiger partial charge >= 0.3 is 0 Å². The third-order valence-electron chi connectivity index (χ3n) is 6.67. The molecule has 4 heterocycles. The summed E-state index contributed by atoms with van der Waals surface area (Å²) in [6, 6.07) is 4.34. The van der Waals surface area contributed by atoms with Crippen LogP contribution in [0.1, 0.15) is 42.9 Å². The summed E-state index contributed by atoms with van der Waals surface area (Å²) in [6.45, 7) is 3.45. The van der Waals surface area contributed by atoms with Gasteiger partial charge in [0.25, 0.3) is 5.56 Å². The molecule has 1 aliphatic carbocycles. The second-order valence-corrected chi connectivity index (χ2v) is 7.95. The van der Waals surface area contributed by atoms with E-state index in [1.807, 2.05) is 12.1 Å². The molecule has 3 fully saturated rings. The zero-order chi connectivity index (χ0) is 17.0. The van der Waals surface area contributed by atoms with E-state index in [1.165, 1.54) is 48.9 Å². The number of hydrogen-bond acceptors (Lipinski definition) is 3. The second kappa shape index (κ2) is 5.87. The number of benzene rings is 1. The third kappa shape index (κ3) is 2.34. The number of nitrogens with zero attached hydrogens (tertiary/aromatic N) is 2. The Labute approximate surface area is 148 Å². The Hall–Kier alpha value is -1.81. The second-order valence-electron chi connectivity index (χ2n) is 7.95. The van der Waals surface area contributed by atoms with Crippen LogP contribution < -0.4 is 10.3 Å². The smallest absolute Gasteiger partial charge is 0.258 e. The Balaban J connectivity index is 1.73. The van der Waals surface area contributed by atoms with Crippen molar-refractivity contribution in [2.24, 2.45) is 5.92 Å². The molecular weight excluding hydrogens is 312 g/mol. The van der Waals surface area contributed by atoms with E-state index in [4.69, 9.17) is 4.74 Å². The molecule has 132 valence electrons. The predicted octanol–water partition coefficient (Wildman–Crippen LogP) is 3.16. The van der Waals surface area contributed by atoms with Gasteiger partial charge in [0.1, 0.15) is 5.75 Å². The molecule has 1 aromatic heterocycles. The van der Waals surface area contributed by atoms with Crippen molar-refractivity contribution in [3.8, 4) is 5.75 Å². The van der Waals surface area contributed by atoms with E-state index >= 15 is 0 Å². The summed E-state index contributed by atoms with van der Waals surface area (Å²) in [7, 11) is 1.73. The minimum absolute atomic E-state index is 0.198. The first-order chi connectivity index (χ1) is 12.3. The molecule has 4 nitrogen and oxygen atoms in total. The summed E-state index contributed by atoms with van der Waals surface area (Å²) in [6.07, 6.45) is 9.10. The number of hydrogen-bond donors (Lipinski definition) is 0. The molecule has 1 unspecified atom stereocenters. The van der Waals surface area contributed by atoms with Crippen LogP contribution in [0, 0.1) is 5.92 Å². The van der Waals surface area contributed by atoms with Gasteiger partial charge in [0.2, 0.25) is 0 Å². The first-order valence-corrected chi connectivity index (χ1v) is 9.72. The molecule has 2 bridgehead atoms. The van der Waals surface area contributed by atoms with Gasteiger partial charge in [-0.25, -0.2) is 0 Å². The van der Waals surface area contributed by atoms with E-state index in [9.17, 15) is 4.79 Å². The van der Waals surface area contributed by atoms with Crippen LogP contribution in [0.25, 0.3) is 10.8 Å². The molecule has 25 heavy (non-hydrogen) atoms. The minimum atomic E-state index is 0.198. The summed E-state index contributed by atoms with van der Waals surface area (Å²) in [5.41, 5.74) is 2.78. The third-order valence-corrected chi connectivity index (χ3v) is 6.67. The Morgan fingerprint density at radius 1 is 1.12 bits per heavy atom. The van der Waals surface area contributed by atoms with E-state index in [0.717, 1.165) is 36.9 Å². The summed E-state index contributed by atoms with van der Waals surface area (Å²) in [5, 5.41) is 2.08. The fourth-order valence-corrected chi connectivity index (χ4v) is 5.35. The molecule has 2 aromatic rings. The highest BCUT2D eigenvalue weighted by Crippen LogP contribution is 2.37. The van der Waals surface area contributed by atoms with Crippen molar-refractivity contribution in [1.82, 2.24) is 9.47 Å². The fourth-order valence-electron chi connectivity index (χ4n) is 5.35. The molecule has 0 spiro atoms. The van der Waals surface area contributed by atoms with Crippen LogP contribution in [0.2, 0.25) is 0 Å². The fraction of sp³-hybridized carbons (Fsp3) is 0.571. The average Bonchev–Trinajstić information content (AvgIpc) is 2.88. The SMILES string of the molecule is COc1ccc2c(=O)n(C3CN4CCC3CC4)cc3c2c1CCCC3. The van der Waals surface area contributed by atoms with E-state index in [2.05, 4.69) is 15.7 Å². The molecule has 4 heteroatoms. The molecule has 0 saturated carbocycles. The summed E-state index contributed by atoms with van der Waals surface area (Å²) in [4.78, 5) is 15.9. The van der Waals surface area contributed by atoms with Crippen molar-refractivity contribution in [1.29, 1.82) is 0 Å². The van der Waals surface area contributed by atoms with Crippen LogP contribution in [0.4, 0.5) is 0 Å². The first kappa shape index (κ1) is 15.4. The molecule has 0 radical (unpaired) electrons. The number of methoxy groups -OCH3 is 1. The Kier molecular flexibility index (Phi) is 3.63. The van der Waals surface area contributed by atoms with Crippen LogP contribution in [0.5, 0.6) is 5.75 Å². The monoisotopic (exact) mass is 338 g/mol. The Bertz CT molecular complexity index is 878. The quantitative estimate of drug-likeness (QED) is 0.844. The highest BCUT2D eigenvalue weighted by molar-refractivity contribution is 5.90. The molecule has 4 aliphatic rings. The lowest BCUT2D eigenvalue weighted by atomic mass is 9.83. The van der Waals surface area contributed by atoms with Gasteiger partial charge in [-0.3, -0.25) is 4.79 Å². The lowest BCUT2D eigenvalue weighted by Gasteiger charge is -2.45. The Morgan fingerprint density at radius 3 is 2.64 bits per heavy atom. The molecule has 1 atom stereocenters. The summed E-state index contributed by atoms with van der Waals surface area (Å²) >= 11 is 0. The number of pyridine rings is 1. The van der Waals surface area contributed by atoms with Crippen LogP contribution in [-0.2, 0) is 12.8 Å². The maximum absolute atomic E-state index is 13.4. The number of aryl methyl sites for hydroxylation is 2. The van der Waals surface area contributed by atoms with Crippen LogP contribution in [0.15, 0.2) is 23.1 Å². The van der Waals surface area contributed by atoms with Crippen molar-refractivity contribution in [3.63, 3.8) is 0 Å². The van der Waals surface area contributed by atoms with Crippen molar-refractivity contribution in [2.75, 3.05) is 26.7 Å². The molecule has 1 aromatic carbocycles. The van der Waals surface area contributed by atoms with Crippen molar-refractivity contribution in [2.45, 2.75) is 44.6 Å². The van der Waals surface area contributed by atoms with Gasteiger partial charge in [-0.2, -0.15) is 0 Å². The molecule has 0 N–H and O–H groups in total. The van der Waals surface area contributed by atoms with Crippen molar-refractivity contribution < 1.29 is 4.74 Å². The lowest BCUT2D eigenvalue weighted by Crippen LogP contribution is -2.50.